The van der Waals surface area contributed by atoms with Gasteiger partial charge in [-0.3, -0.25) is 4.79 Å². The molecule has 102 valence electrons. The fourth-order valence-electron chi connectivity index (χ4n) is 1.47. The predicted octanol–water partition coefficient (Wildman–Crippen LogP) is 2.93. The Balaban J connectivity index is 2.09. The molecule has 2 heterocycles. The zero-order valence-corrected chi connectivity index (χ0v) is 13.3. The van der Waals surface area contributed by atoms with Crippen molar-refractivity contribution in [3.05, 3.63) is 23.2 Å². The van der Waals surface area contributed by atoms with Gasteiger partial charge in [-0.05, 0) is 36.7 Å². The first-order chi connectivity index (χ1) is 8.85. The first-order valence-corrected chi connectivity index (χ1v) is 7.47. The summed E-state index contributed by atoms with van der Waals surface area (Å²) in [5.41, 5.74) is 0.266. The number of nitrogens with zero attached hydrogens (tertiary/aromatic N) is 3. The second-order valence-corrected chi connectivity index (χ2v) is 6.68. The molecule has 2 aromatic rings. The zero-order chi connectivity index (χ0) is 14.0. The van der Waals surface area contributed by atoms with E-state index in [1.807, 2.05) is 37.6 Å². The molecule has 0 aromatic carbocycles. The van der Waals surface area contributed by atoms with Crippen LogP contribution in [0.15, 0.2) is 28.2 Å². The Hall–Kier alpha value is -1.08. The van der Waals surface area contributed by atoms with E-state index in [9.17, 15) is 4.79 Å². The summed E-state index contributed by atoms with van der Waals surface area (Å²) in [5, 5.41) is 0.699. The highest BCUT2D eigenvalue weighted by molar-refractivity contribution is 9.10. The van der Waals surface area contributed by atoms with Gasteiger partial charge in [-0.25, -0.2) is 9.97 Å². The number of thioether (sulfide) groups is 1. The Morgan fingerprint density at radius 2 is 2.26 bits per heavy atom. The number of fused-ring (bicyclic) bond motifs is 1. The summed E-state index contributed by atoms with van der Waals surface area (Å²) in [6.07, 6.45) is 5.35. The van der Waals surface area contributed by atoms with E-state index in [2.05, 4.69) is 25.9 Å². The Bertz CT molecular complexity index is 607. The number of aromatic nitrogens is 3. The van der Waals surface area contributed by atoms with E-state index in [0.29, 0.717) is 9.63 Å². The van der Waals surface area contributed by atoms with Crippen molar-refractivity contribution in [3.63, 3.8) is 0 Å². The van der Waals surface area contributed by atoms with E-state index in [4.69, 9.17) is 4.74 Å². The van der Waals surface area contributed by atoms with Gasteiger partial charge in [-0.1, -0.05) is 11.8 Å². The SMILES string of the molecule is CC(C)(C)OC(=O)CSc1nc(Br)cn2ccnc12. The van der Waals surface area contributed by atoms with Crippen LogP contribution < -0.4 is 0 Å². The maximum absolute atomic E-state index is 11.7. The van der Waals surface area contributed by atoms with Crippen LogP contribution in [0, 0.1) is 0 Å². The maximum Gasteiger partial charge on any atom is 0.316 e. The van der Waals surface area contributed by atoms with Gasteiger partial charge in [0.25, 0.3) is 0 Å². The third kappa shape index (κ3) is 3.94. The molecule has 0 amide bonds. The number of rotatable bonds is 3. The van der Waals surface area contributed by atoms with Gasteiger partial charge in [0.2, 0.25) is 0 Å². The van der Waals surface area contributed by atoms with Crippen LogP contribution in [-0.4, -0.2) is 31.7 Å². The van der Waals surface area contributed by atoms with Crippen molar-refractivity contribution in [2.75, 3.05) is 5.75 Å². The van der Waals surface area contributed by atoms with Crippen molar-refractivity contribution in [2.24, 2.45) is 0 Å². The summed E-state index contributed by atoms with van der Waals surface area (Å²) in [6.45, 7) is 5.54. The summed E-state index contributed by atoms with van der Waals surface area (Å²) in [6, 6.07) is 0. The molecule has 0 N–H and O–H groups in total. The average Bonchev–Trinajstić information content (AvgIpc) is 2.71. The number of ether oxygens (including phenoxy) is 1. The second kappa shape index (κ2) is 5.50. The molecule has 5 nitrogen and oxygen atoms in total. The first-order valence-electron chi connectivity index (χ1n) is 5.69. The van der Waals surface area contributed by atoms with E-state index in [1.54, 1.807) is 6.20 Å². The van der Waals surface area contributed by atoms with E-state index >= 15 is 0 Å². The number of carbonyl (C=O) groups is 1. The molecule has 0 saturated carbocycles. The molecule has 0 unspecified atom stereocenters. The second-order valence-electron chi connectivity index (χ2n) is 4.90. The summed E-state index contributed by atoms with van der Waals surface area (Å²) in [7, 11) is 0. The van der Waals surface area contributed by atoms with Crippen LogP contribution in [0.25, 0.3) is 5.65 Å². The number of imidazole rings is 1. The topological polar surface area (TPSA) is 56.5 Å². The van der Waals surface area contributed by atoms with Gasteiger partial charge in [0, 0.05) is 18.6 Å². The normalized spacial score (nSPS) is 11.8. The molecule has 0 aliphatic rings. The number of carbonyl (C=O) groups excluding carboxylic acids is 1. The largest absolute Gasteiger partial charge is 0.459 e. The third-order valence-corrected chi connectivity index (χ3v) is 3.37. The quantitative estimate of drug-likeness (QED) is 0.633. The summed E-state index contributed by atoms with van der Waals surface area (Å²) in [5.74, 6) is -0.0487. The van der Waals surface area contributed by atoms with Gasteiger partial charge >= 0.3 is 5.97 Å². The fourth-order valence-corrected chi connectivity index (χ4v) is 2.75. The molecule has 0 atom stereocenters. The molecule has 0 bridgehead atoms. The minimum absolute atomic E-state index is 0.212. The lowest BCUT2D eigenvalue weighted by Crippen LogP contribution is -2.24. The first kappa shape index (κ1) is 14.3. The van der Waals surface area contributed by atoms with E-state index in [-0.39, 0.29) is 11.7 Å². The van der Waals surface area contributed by atoms with Crippen molar-refractivity contribution in [1.82, 2.24) is 14.4 Å². The van der Waals surface area contributed by atoms with Crippen LogP contribution in [0.5, 0.6) is 0 Å². The van der Waals surface area contributed by atoms with Gasteiger partial charge in [0.1, 0.15) is 15.2 Å². The minimum Gasteiger partial charge on any atom is -0.459 e. The Morgan fingerprint density at radius 1 is 1.53 bits per heavy atom. The van der Waals surface area contributed by atoms with Crippen LogP contribution in [0.1, 0.15) is 20.8 Å². The molecular formula is C12H14BrN3O2S. The van der Waals surface area contributed by atoms with E-state index in [0.717, 1.165) is 5.65 Å². The van der Waals surface area contributed by atoms with Crippen LogP contribution in [0.2, 0.25) is 0 Å². The third-order valence-electron chi connectivity index (χ3n) is 2.06. The van der Waals surface area contributed by atoms with E-state index < -0.39 is 5.60 Å². The highest BCUT2D eigenvalue weighted by Crippen LogP contribution is 2.23. The predicted molar refractivity (Wildman–Crippen MR) is 77.3 cm³/mol. The van der Waals surface area contributed by atoms with Crippen molar-refractivity contribution in [1.29, 1.82) is 0 Å². The molecule has 0 radical (unpaired) electrons. The maximum atomic E-state index is 11.7. The summed E-state index contributed by atoms with van der Waals surface area (Å²) >= 11 is 4.65. The van der Waals surface area contributed by atoms with E-state index in [1.165, 1.54) is 11.8 Å². The lowest BCUT2D eigenvalue weighted by molar-refractivity contribution is -0.151. The van der Waals surface area contributed by atoms with Crippen molar-refractivity contribution in [2.45, 2.75) is 31.4 Å². The smallest absolute Gasteiger partial charge is 0.316 e. The van der Waals surface area contributed by atoms with Crippen LogP contribution in [-0.2, 0) is 9.53 Å². The Kier molecular flexibility index (Phi) is 4.15. The molecule has 7 heteroatoms. The van der Waals surface area contributed by atoms with Crippen LogP contribution >= 0.6 is 27.7 Å². The lowest BCUT2D eigenvalue weighted by atomic mass is 10.2. The molecule has 0 aliphatic carbocycles. The number of hydrogen-bond donors (Lipinski definition) is 0. The molecule has 0 fully saturated rings. The van der Waals surface area contributed by atoms with Gasteiger partial charge in [-0.15, -0.1) is 0 Å². The number of halogens is 1. The molecule has 2 aromatic heterocycles. The summed E-state index contributed by atoms with van der Waals surface area (Å²) in [4.78, 5) is 20.2. The van der Waals surface area contributed by atoms with Crippen LogP contribution in [0.3, 0.4) is 0 Å². The zero-order valence-electron chi connectivity index (χ0n) is 10.9. The minimum atomic E-state index is -0.467. The lowest BCUT2D eigenvalue weighted by Gasteiger charge is -2.19. The van der Waals surface area contributed by atoms with Gasteiger partial charge < -0.3 is 9.14 Å². The van der Waals surface area contributed by atoms with Crippen LogP contribution in [0.4, 0.5) is 0 Å². The van der Waals surface area contributed by atoms with Gasteiger partial charge in [-0.2, -0.15) is 0 Å². The average molecular weight is 344 g/mol. The molecule has 2 rings (SSSR count). The van der Waals surface area contributed by atoms with Crippen molar-refractivity contribution in [3.8, 4) is 0 Å². The Morgan fingerprint density at radius 3 is 2.95 bits per heavy atom. The highest BCUT2D eigenvalue weighted by Gasteiger charge is 2.17. The standard InChI is InChI=1S/C12H14BrN3O2S/c1-12(2,3)18-9(17)7-19-11-10-14-4-5-16(10)6-8(13)15-11/h4-6H,7H2,1-3H3. The molecular weight excluding hydrogens is 330 g/mol. The molecule has 0 aliphatic heterocycles. The highest BCUT2D eigenvalue weighted by atomic mass is 79.9. The number of hydrogen-bond acceptors (Lipinski definition) is 5. The van der Waals surface area contributed by atoms with Gasteiger partial charge in [0.05, 0.1) is 5.75 Å². The summed E-state index contributed by atoms with van der Waals surface area (Å²) < 4.78 is 7.81. The van der Waals surface area contributed by atoms with Crippen molar-refractivity contribution < 1.29 is 9.53 Å². The van der Waals surface area contributed by atoms with Crippen molar-refractivity contribution >= 4 is 39.3 Å². The molecule has 0 spiro atoms. The number of esters is 1. The van der Waals surface area contributed by atoms with Gasteiger partial charge in [0.15, 0.2) is 5.65 Å². The molecule has 0 saturated heterocycles. The Labute approximate surface area is 123 Å². The monoisotopic (exact) mass is 343 g/mol. The molecule has 19 heavy (non-hydrogen) atoms. The fraction of sp³-hybridized carbons (Fsp3) is 0.417.